The molecular formula is C114H192N12O16. The average molecular weight is 1990 g/mol. The summed E-state index contributed by atoms with van der Waals surface area (Å²) in [5.74, 6) is 0. The summed E-state index contributed by atoms with van der Waals surface area (Å²) in [6, 6.07) is 0. The second-order valence-electron chi connectivity index (χ2n) is 48.6. The largest absolute Gasteiger partial charge is 0.382 e. The Labute approximate surface area is 851 Å². The molecule has 8 aromatic rings. The van der Waals surface area contributed by atoms with Crippen molar-refractivity contribution in [1.29, 1.82) is 0 Å². The lowest BCUT2D eigenvalue weighted by Crippen LogP contribution is -2.45. The topological polar surface area (TPSA) is 330 Å². The number of rotatable bonds is 44. The molecule has 0 unspecified atom stereocenters. The first-order valence-electron chi connectivity index (χ1n) is 52.2. The van der Waals surface area contributed by atoms with Crippen LogP contribution in [0.4, 0.5) is 68.2 Å². The van der Waals surface area contributed by atoms with Crippen LogP contribution in [0.3, 0.4) is 0 Å². The lowest BCUT2D eigenvalue weighted by molar-refractivity contribution is 0.361. The number of unbranched alkanes of at least 4 members (excludes halogenated alkanes) is 2. The fraction of sp³-hybridized carbons (Fsp3) is 0.719. The van der Waals surface area contributed by atoms with Crippen LogP contribution in [0.15, 0.2) is 76.7 Å². The van der Waals surface area contributed by atoms with Crippen molar-refractivity contribution in [1.82, 2.24) is 0 Å². The summed E-state index contributed by atoms with van der Waals surface area (Å²) in [6.07, 6.45) is 19.8. The predicted octanol–water partition coefficient (Wildman–Crippen LogP) is 16.4. The van der Waals surface area contributed by atoms with Gasteiger partial charge in [0.2, 0.25) is 43.4 Å². The number of nitrogens with zero attached hydrogens (tertiary/aromatic N) is 10. The minimum absolute atomic E-state index is 0.226. The van der Waals surface area contributed by atoms with Crippen molar-refractivity contribution in [3.63, 3.8) is 0 Å². The molecule has 0 amide bonds. The Hall–Kier alpha value is -9.76. The smallest absolute Gasteiger partial charge is 0.253 e. The second-order valence-corrected chi connectivity index (χ2v) is 48.6. The molecule has 8 rings (SSSR count). The van der Waals surface area contributed by atoms with E-state index in [9.17, 15) is 76.7 Å². The van der Waals surface area contributed by atoms with E-state index in [-0.39, 0.29) is 119 Å². The van der Waals surface area contributed by atoms with Gasteiger partial charge in [-0.15, -0.1) is 0 Å². The number of hydrogen-bond donors (Lipinski definition) is 2. The summed E-state index contributed by atoms with van der Waals surface area (Å²) in [4.78, 5) is 203. The molecule has 0 aliphatic carbocycles. The van der Waals surface area contributed by atoms with Gasteiger partial charge < -0.3 is 59.6 Å². The van der Waals surface area contributed by atoms with Gasteiger partial charge in [-0.25, -0.2) is 0 Å². The molecule has 28 nitrogen and oxygen atoms in total. The Balaban J connectivity index is 0.000000813. The molecule has 0 saturated heterocycles. The van der Waals surface area contributed by atoms with Crippen molar-refractivity contribution in [2.45, 2.75) is 350 Å². The fourth-order valence-electron chi connectivity index (χ4n) is 16.6. The van der Waals surface area contributed by atoms with Gasteiger partial charge in [0.15, 0.2) is 0 Å². The van der Waals surface area contributed by atoms with Crippen molar-refractivity contribution in [3.8, 4) is 0 Å². The standard InChI is InChI=1S/C17H30N2O2.C16H28N2O2.C15H25NO2.C14H23NO2.2C13H22N2O2.2C13H21NO2/c1-7-19(8-2)14-13(15(20)16(14)21)18(6)12-10-9-11-17(3,4)5;1-7-17(5)12-13(15(20)14(12)19)18(6)11-9-8-10-16(2,3)4;1-6-16(7-2)12-11(13(17)14(12)18)9-8-10-15(3,4)5;1-6-15(5)11-10(12(16)13(11)17)8-7-9-14(2,3)4;1-13(2,3)7-8-15(6)10-9(14(4)5)11(16)12(10)17;1-6-14-9-10(12(17)11(9)16)15(5)8-7-13(2,3)4;1-13(2,3)8-6-7-9-10(14(4)5)12(16)11(9)15;1-5-14-10-9(11(15)12(10)16)7-6-8-13(2,3)4/h7-12H2,1-6H3;7-11H2,1-6H3;6-10H2,1-5H3;6-9H2,1-5H3;7-8H2,1-6H3;14H,6-8H2,1-5H3;6-8H2,1-5H3;14H,5-8H2,1-4H3. The van der Waals surface area contributed by atoms with Gasteiger partial charge >= 0.3 is 0 Å². The highest BCUT2D eigenvalue weighted by molar-refractivity contribution is 5.78. The molecule has 0 aromatic heterocycles. The van der Waals surface area contributed by atoms with E-state index < -0.39 is 0 Å². The first kappa shape index (κ1) is 130. The first-order valence-corrected chi connectivity index (χ1v) is 52.2. The highest BCUT2D eigenvalue weighted by Gasteiger charge is 2.33. The van der Waals surface area contributed by atoms with E-state index in [4.69, 9.17) is 0 Å². The maximum atomic E-state index is 11.9. The summed E-state index contributed by atoms with van der Waals surface area (Å²) in [6.45, 7) is 77.6. The molecule has 0 fully saturated rings. The van der Waals surface area contributed by atoms with E-state index in [0.717, 1.165) is 198 Å². The lowest BCUT2D eigenvalue weighted by atomic mass is 9.88. The SMILES string of the molecule is CCN(C)c1c(CCCC(C)(C)C)c(=O)c1=O.CCN(C)c1c(N(C)CCCCC(C)(C)C)c(=O)c1=O.CCN(CC)c1c(CCCC(C)(C)C)c(=O)c1=O.CCN(CC)c1c(N(C)CCCCC(C)(C)C)c(=O)c1=O.CCNc1c(CCCC(C)(C)C)c(=O)c1=O.CCNc1c(N(C)CCC(C)(C)C)c(=O)c1=O.CN(C)c1c(CCCC(C)(C)C)c(=O)c1=O.CN(C)c1c(N(C)CCC(C)(C)C)c(=O)c1=O. The van der Waals surface area contributed by atoms with Gasteiger partial charge in [0.1, 0.15) is 45.5 Å². The Morgan fingerprint density at radius 1 is 0.183 bits per heavy atom. The predicted molar refractivity (Wildman–Crippen MR) is 610 cm³/mol. The fourth-order valence-corrected chi connectivity index (χ4v) is 16.6. The van der Waals surface area contributed by atoms with E-state index in [1.807, 2.05) is 151 Å². The van der Waals surface area contributed by atoms with E-state index in [2.05, 4.69) is 177 Å². The Morgan fingerprint density at radius 2 is 0.401 bits per heavy atom. The molecular weight excluding hydrogens is 1790 g/mol. The summed E-state index contributed by atoms with van der Waals surface area (Å²) in [7, 11) is 18.5. The van der Waals surface area contributed by atoms with Crippen LogP contribution in [-0.4, -0.2) is 149 Å². The zero-order valence-corrected chi connectivity index (χ0v) is 96.6. The van der Waals surface area contributed by atoms with Crippen molar-refractivity contribution >= 4 is 68.2 Å². The van der Waals surface area contributed by atoms with Crippen LogP contribution in [0.25, 0.3) is 0 Å². The van der Waals surface area contributed by atoms with Crippen LogP contribution in [-0.2, 0) is 25.7 Å². The molecule has 0 aliphatic rings. The number of anilines is 12. The van der Waals surface area contributed by atoms with Crippen LogP contribution < -0.4 is 146 Å². The molecule has 804 valence electrons. The van der Waals surface area contributed by atoms with Crippen LogP contribution >= 0.6 is 0 Å². The molecule has 0 atom stereocenters. The van der Waals surface area contributed by atoms with Gasteiger partial charge in [0.05, 0.1) is 22.7 Å². The summed E-state index contributed by atoms with van der Waals surface area (Å²) >= 11 is 0. The van der Waals surface area contributed by atoms with Crippen molar-refractivity contribution in [3.05, 3.63) is 186 Å². The third kappa shape index (κ3) is 40.3. The van der Waals surface area contributed by atoms with E-state index in [0.29, 0.717) is 97.7 Å². The summed E-state index contributed by atoms with van der Waals surface area (Å²) in [5, 5.41) is 5.93. The molecule has 0 bridgehead atoms. The third-order valence-electron chi connectivity index (χ3n) is 25.6. The maximum Gasteiger partial charge on any atom is 0.253 e. The van der Waals surface area contributed by atoms with Crippen LogP contribution in [0.5, 0.6) is 0 Å². The zero-order valence-electron chi connectivity index (χ0n) is 96.6. The van der Waals surface area contributed by atoms with Crippen molar-refractivity contribution in [2.24, 2.45) is 43.3 Å². The third-order valence-corrected chi connectivity index (χ3v) is 25.6. The van der Waals surface area contributed by atoms with Crippen LogP contribution in [0, 0.1) is 43.3 Å². The van der Waals surface area contributed by atoms with Gasteiger partial charge in [-0.3, -0.25) is 76.7 Å². The Morgan fingerprint density at radius 3 is 0.725 bits per heavy atom. The summed E-state index contributed by atoms with van der Waals surface area (Å²) in [5.41, 5.74) is 7.09. The van der Waals surface area contributed by atoms with Gasteiger partial charge in [0, 0.05) is 171 Å². The van der Waals surface area contributed by atoms with Crippen molar-refractivity contribution in [2.75, 3.05) is 209 Å². The van der Waals surface area contributed by atoms with Gasteiger partial charge in [-0.05, 0) is 214 Å². The van der Waals surface area contributed by atoms with Crippen molar-refractivity contribution < 1.29 is 0 Å². The molecule has 28 heteroatoms. The molecule has 0 aliphatic heterocycles. The molecule has 0 spiro atoms. The first-order chi connectivity index (χ1) is 65.0. The minimum Gasteiger partial charge on any atom is -0.382 e. The molecule has 0 saturated carbocycles. The lowest BCUT2D eigenvalue weighted by Gasteiger charge is -2.29. The highest BCUT2D eigenvalue weighted by atomic mass is 16.2. The number of nitrogens with one attached hydrogen (secondary N) is 2. The second kappa shape index (κ2) is 56.6. The normalized spacial score (nSPS) is 12.0. The maximum absolute atomic E-state index is 11.9. The Bertz CT molecular complexity index is 5830. The van der Waals surface area contributed by atoms with E-state index in [1.165, 1.54) is 12.8 Å². The number of hydrogen-bond acceptors (Lipinski definition) is 28. The molecule has 2 N–H and O–H groups in total. The quantitative estimate of drug-likeness (QED) is 0.0265. The average Bonchev–Trinajstić information content (AvgIpc) is 0.758. The monoisotopic (exact) mass is 1990 g/mol. The van der Waals surface area contributed by atoms with E-state index >= 15 is 0 Å². The molecule has 0 heterocycles. The Kier molecular flexibility index (Phi) is 52.0. The van der Waals surface area contributed by atoms with Gasteiger partial charge in [-0.1, -0.05) is 179 Å². The highest BCUT2D eigenvalue weighted by Crippen LogP contribution is 2.33. The van der Waals surface area contributed by atoms with Crippen LogP contribution in [0.2, 0.25) is 0 Å². The van der Waals surface area contributed by atoms with Crippen LogP contribution in [0.1, 0.15) is 347 Å². The minimum atomic E-state index is -0.385. The zero-order chi connectivity index (χ0) is 110. The molecule has 142 heavy (non-hydrogen) atoms. The van der Waals surface area contributed by atoms with E-state index in [1.54, 1.807) is 23.9 Å². The van der Waals surface area contributed by atoms with Gasteiger partial charge in [0.25, 0.3) is 43.4 Å². The summed E-state index contributed by atoms with van der Waals surface area (Å²) < 4.78 is 0. The molecule has 8 aromatic carbocycles. The van der Waals surface area contributed by atoms with Gasteiger partial charge in [-0.2, -0.15) is 0 Å². The molecule has 0 radical (unpaired) electrons.